The van der Waals surface area contributed by atoms with E-state index in [0.717, 1.165) is 11.3 Å². The first kappa shape index (κ1) is 15.8. The zero-order chi connectivity index (χ0) is 15.8. The second-order valence-electron chi connectivity index (χ2n) is 5.23. The summed E-state index contributed by atoms with van der Waals surface area (Å²) in [5.41, 5.74) is 2.89. The Morgan fingerprint density at radius 3 is 2.32 bits per heavy atom. The number of rotatable bonds is 6. The lowest BCUT2D eigenvalue weighted by molar-refractivity contribution is 0.104. The number of ketones is 1. The molecule has 0 unspecified atom stereocenters. The third kappa shape index (κ3) is 5.06. The topological polar surface area (TPSA) is 26.3 Å². The zero-order valence-electron chi connectivity index (χ0n) is 13.0. The number of carbonyl (C=O) groups excluding carboxylic acids is 1. The summed E-state index contributed by atoms with van der Waals surface area (Å²) >= 11 is 0. The van der Waals surface area contributed by atoms with Gasteiger partial charge in [0.05, 0.1) is 0 Å². The van der Waals surface area contributed by atoms with Crippen LogP contribution >= 0.6 is 0 Å². The molecule has 0 heterocycles. The van der Waals surface area contributed by atoms with Gasteiger partial charge >= 0.3 is 0 Å². The molecule has 0 aliphatic carbocycles. The minimum atomic E-state index is -0.0142. The first-order valence-electron chi connectivity index (χ1n) is 7.29. The van der Waals surface area contributed by atoms with E-state index >= 15 is 0 Å². The van der Waals surface area contributed by atoms with E-state index in [4.69, 9.17) is 4.74 Å². The maximum absolute atomic E-state index is 12.1. The Hall–Kier alpha value is -2.61. The number of allylic oxidation sites excluding steroid dienone is 2. The molecule has 0 bridgehead atoms. The van der Waals surface area contributed by atoms with Crippen molar-refractivity contribution in [1.29, 1.82) is 0 Å². The Morgan fingerprint density at radius 2 is 1.68 bits per heavy atom. The fourth-order valence-electron chi connectivity index (χ4n) is 1.85. The minimum Gasteiger partial charge on any atom is -0.490 e. The first-order chi connectivity index (χ1) is 10.6. The van der Waals surface area contributed by atoms with Gasteiger partial charge in [0.15, 0.2) is 5.78 Å². The lowest BCUT2D eigenvalue weighted by Crippen LogP contribution is -1.97. The molecule has 0 saturated carbocycles. The molecule has 2 rings (SSSR count). The molecule has 112 valence electrons. The maximum atomic E-state index is 12.1. The van der Waals surface area contributed by atoms with E-state index in [-0.39, 0.29) is 5.78 Å². The van der Waals surface area contributed by atoms with Crippen LogP contribution in [0.2, 0.25) is 0 Å². The lowest BCUT2D eigenvalue weighted by atomic mass is 10.1. The quantitative estimate of drug-likeness (QED) is 0.429. The molecule has 0 atom stereocenters. The molecule has 0 aromatic heterocycles. The van der Waals surface area contributed by atoms with Crippen molar-refractivity contribution >= 4 is 11.9 Å². The highest BCUT2D eigenvalue weighted by atomic mass is 16.5. The fraction of sp³-hybridized carbons (Fsp3) is 0.150. The Bertz CT molecular complexity index is 661. The molecule has 0 spiro atoms. The Balaban J connectivity index is 1.96. The van der Waals surface area contributed by atoms with Crippen molar-refractivity contribution < 1.29 is 9.53 Å². The molecule has 0 saturated heterocycles. The summed E-state index contributed by atoms with van der Waals surface area (Å²) in [6.07, 6.45) is 5.43. The molecule has 0 radical (unpaired) electrons. The van der Waals surface area contributed by atoms with Gasteiger partial charge in [0.2, 0.25) is 0 Å². The number of benzene rings is 2. The van der Waals surface area contributed by atoms with Crippen molar-refractivity contribution in [2.24, 2.45) is 0 Å². The van der Waals surface area contributed by atoms with Gasteiger partial charge in [-0.15, -0.1) is 0 Å². The fourth-order valence-corrected chi connectivity index (χ4v) is 1.85. The molecular weight excluding hydrogens is 272 g/mol. The van der Waals surface area contributed by atoms with E-state index in [0.29, 0.717) is 12.2 Å². The lowest BCUT2D eigenvalue weighted by Gasteiger charge is -2.04. The summed E-state index contributed by atoms with van der Waals surface area (Å²) in [5.74, 6) is 0.751. The highest BCUT2D eigenvalue weighted by molar-refractivity contribution is 6.06. The molecule has 0 fully saturated rings. The normalized spacial score (nSPS) is 10.5. The van der Waals surface area contributed by atoms with Crippen LogP contribution in [0.5, 0.6) is 5.75 Å². The van der Waals surface area contributed by atoms with Crippen LogP contribution in [-0.4, -0.2) is 12.4 Å². The SMILES string of the molecule is CC(C)=CCOc1ccc(C(=O)/C=C/c2ccccc2)cc1. The Kier molecular flexibility index (Phi) is 5.73. The van der Waals surface area contributed by atoms with Crippen molar-refractivity contribution in [3.63, 3.8) is 0 Å². The minimum absolute atomic E-state index is 0.0142. The van der Waals surface area contributed by atoms with Gasteiger partial charge in [0.25, 0.3) is 0 Å². The molecule has 22 heavy (non-hydrogen) atoms. The maximum Gasteiger partial charge on any atom is 0.185 e. The highest BCUT2D eigenvalue weighted by Gasteiger charge is 2.02. The summed E-state index contributed by atoms with van der Waals surface area (Å²) in [6, 6.07) is 17.0. The van der Waals surface area contributed by atoms with Crippen LogP contribution in [0.15, 0.2) is 72.3 Å². The molecule has 0 N–H and O–H groups in total. The van der Waals surface area contributed by atoms with Crippen molar-refractivity contribution in [2.45, 2.75) is 13.8 Å². The summed E-state index contributed by atoms with van der Waals surface area (Å²) in [4.78, 5) is 12.1. The van der Waals surface area contributed by atoms with Crippen molar-refractivity contribution in [2.75, 3.05) is 6.61 Å². The molecule has 0 amide bonds. The van der Waals surface area contributed by atoms with E-state index in [2.05, 4.69) is 0 Å². The van der Waals surface area contributed by atoms with Gasteiger partial charge in [-0.2, -0.15) is 0 Å². The second-order valence-corrected chi connectivity index (χ2v) is 5.23. The summed E-state index contributed by atoms with van der Waals surface area (Å²) in [7, 11) is 0. The number of hydrogen-bond donors (Lipinski definition) is 0. The molecule has 2 nitrogen and oxygen atoms in total. The summed E-state index contributed by atoms with van der Waals surface area (Å²) < 4.78 is 5.58. The van der Waals surface area contributed by atoms with Gasteiger partial charge in [-0.05, 0) is 55.8 Å². The average molecular weight is 292 g/mol. The molecule has 0 aliphatic heterocycles. The van der Waals surface area contributed by atoms with Crippen molar-refractivity contribution in [1.82, 2.24) is 0 Å². The average Bonchev–Trinajstić information content (AvgIpc) is 2.54. The third-order valence-corrected chi connectivity index (χ3v) is 3.11. The second kappa shape index (κ2) is 7.99. The van der Waals surface area contributed by atoms with Gasteiger partial charge in [-0.25, -0.2) is 0 Å². The van der Waals surface area contributed by atoms with E-state index in [1.54, 1.807) is 18.2 Å². The monoisotopic (exact) mass is 292 g/mol. The number of hydrogen-bond acceptors (Lipinski definition) is 2. The van der Waals surface area contributed by atoms with E-state index < -0.39 is 0 Å². The zero-order valence-corrected chi connectivity index (χ0v) is 13.0. The number of ether oxygens (including phenoxy) is 1. The predicted octanol–water partition coefficient (Wildman–Crippen LogP) is 4.93. The predicted molar refractivity (Wildman–Crippen MR) is 91.2 cm³/mol. The number of carbonyl (C=O) groups is 1. The van der Waals surface area contributed by atoms with E-state index in [9.17, 15) is 4.79 Å². The van der Waals surface area contributed by atoms with Crippen molar-refractivity contribution in [3.05, 3.63) is 83.4 Å². The van der Waals surface area contributed by atoms with Gasteiger partial charge in [0.1, 0.15) is 12.4 Å². The van der Waals surface area contributed by atoms with E-state index in [1.165, 1.54) is 5.57 Å². The highest BCUT2D eigenvalue weighted by Crippen LogP contribution is 2.13. The first-order valence-corrected chi connectivity index (χ1v) is 7.29. The largest absolute Gasteiger partial charge is 0.490 e. The van der Waals surface area contributed by atoms with Gasteiger partial charge < -0.3 is 4.74 Å². The third-order valence-electron chi connectivity index (χ3n) is 3.11. The molecule has 2 heteroatoms. The van der Waals surface area contributed by atoms with Crippen LogP contribution in [0.25, 0.3) is 6.08 Å². The van der Waals surface area contributed by atoms with Crippen LogP contribution in [-0.2, 0) is 0 Å². The smallest absolute Gasteiger partial charge is 0.185 e. The summed E-state index contributed by atoms with van der Waals surface area (Å²) in [6.45, 7) is 4.61. The van der Waals surface area contributed by atoms with Crippen LogP contribution in [0.4, 0.5) is 0 Å². The molecule has 0 aliphatic rings. The van der Waals surface area contributed by atoms with Gasteiger partial charge in [-0.3, -0.25) is 4.79 Å². The van der Waals surface area contributed by atoms with E-state index in [1.807, 2.05) is 68.5 Å². The van der Waals surface area contributed by atoms with Gasteiger partial charge in [0, 0.05) is 5.56 Å². The molecule has 2 aromatic carbocycles. The Morgan fingerprint density at radius 1 is 1.00 bits per heavy atom. The van der Waals surface area contributed by atoms with Crippen molar-refractivity contribution in [3.8, 4) is 5.75 Å². The van der Waals surface area contributed by atoms with Gasteiger partial charge in [-0.1, -0.05) is 42.0 Å². The van der Waals surface area contributed by atoms with Crippen LogP contribution in [0, 0.1) is 0 Å². The van der Waals surface area contributed by atoms with Crippen LogP contribution in [0.3, 0.4) is 0 Å². The molecule has 2 aromatic rings. The summed E-state index contributed by atoms with van der Waals surface area (Å²) in [5, 5.41) is 0. The molecular formula is C20H20O2. The standard InChI is InChI=1S/C20H20O2/c1-16(2)14-15-22-19-11-9-18(10-12-19)20(21)13-8-17-6-4-3-5-7-17/h3-14H,15H2,1-2H3/b13-8+. The van der Waals surface area contributed by atoms with Crippen LogP contribution < -0.4 is 4.74 Å². The van der Waals surface area contributed by atoms with Crippen LogP contribution in [0.1, 0.15) is 29.8 Å². The Labute approximate surface area is 131 Å².